The van der Waals surface area contributed by atoms with Crippen molar-refractivity contribution < 1.29 is 0 Å². The highest BCUT2D eigenvalue weighted by Gasteiger charge is 2.40. The predicted octanol–water partition coefficient (Wildman–Crippen LogP) is 5.84. The number of thiophene rings is 1. The molecule has 0 aliphatic heterocycles. The number of nitrogens with zero attached hydrogens (tertiary/aromatic N) is 5. The minimum atomic E-state index is 0.00793. The minimum absolute atomic E-state index is 0.00793. The van der Waals surface area contributed by atoms with Crippen LogP contribution in [0, 0.1) is 45.3 Å². The summed E-state index contributed by atoms with van der Waals surface area (Å²) >= 11 is 1.48. The number of hydrogen-bond donors (Lipinski definition) is 0. The molecule has 3 aliphatic carbocycles. The number of allylic oxidation sites excluding steroid dienone is 9. The fourth-order valence-corrected chi connectivity index (χ4v) is 6.06. The average molecular weight is 427 g/mol. The normalized spacial score (nSPS) is 18.4. The molecule has 0 saturated heterocycles. The maximum Gasteiger partial charge on any atom is 0.138 e. The molecule has 0 unspecified atom stereocenters. The molecule has 0 saturated carbocycles. The van der Waals surface area contributed by atoms with Gasteiger partial charge in [-0.3, -0.25) is 4.98 Å². The largest absolute Gasteiger partial charge is 0.256 e. The summed E-state index contributed by atoms with van der Waals surface area (Å²) in [5.74, 6) is 0. The van der Waals surface area contributed by atoms with Crippen LogP contribution in [0.25, 0.3) is 28.0 Å². The molecule has 0 aromatic carbocycles. The lowest BCUT2D eigenvalue weighted by atomic mass is 9.95. The van der Waals surface area contributed by atoms with E-state index in [-0.39, 0.29) is 12.0 Å². The van der Waals surface area contributed by atoms with E-state index >= 15 is 0 Å². The van der Waals surface area contributed by atoms with E-state index in [0.29, 0.717) is 11.1 Å². The summed E-state index contributed by atoms with van der Waals surface area (Å²) in [7, 11) is 0. The number of hydrogen-bond acceptors (Lipinski definition) is 6. The van der Waals surface area contributed by atoms with Crippen LogP contribution in [0.4, 0.5) is 0 Å². The van der Waals surface area contributed by atoms with Gasteiger partial charge < -0.3 is 0 Å². The topological polar surface area (TPSA) is 108 Å². The molecular formula is C26H13N5S. The van der Waals surface area contributed by atoms with E-state index in [4.69, 9.17) is 0 Å². The molecule has 0 N–H and O–H groups in total. The molecule has 32 heavy (non-hydrogen) atoms. The highest BCUT2D eigenvalue weighted by molar-refractivity contribution is 7.15. The summed E-state index contributed by atoms with van der Waals surface area (Å²) in [4.78, 5) is 6.40. The van der Waals surface area contributed by atoms with Gasteiger partial charge in [0.05, 0.1) is 29.8 Å². The Hall–Kier alpha value is -4.49. The molecular weight excluding hydrogens is 414 g/mol. The van der Waals surface area contributed by atoms with E-state index in [1.807, 2.05) is 30.4 Å². The third kappa shape index (κ3) is 2.62. The smallest absolute Gasteiger partial charge is 0.138 e. The first-order valence-electron chi connectivity index (χ1n) is 10.00. The number of pyridine rings is 1. The zero-order valence-electron chi connectivity index (χ0n) is 16.8. The Balaban J connectivity index is 1.93. The molecule has 2 aromatic rings. The minimum Gasteiger partial charge on any atom is -0.256 e. The van der Waals surface area contributed by atoms with Gasteiger partial charge in [0.2, 0.25) is 0 Å². The number of nitriles is 4. The van der Waals surface area contributed by atoms with E-state index < -0.39 is 0 Å². The molecule has 148 valence electrons. The lowest BCUT2D eigenvalue weighted by molar-refractivity contribution is 1.07. The van der Waals surface area contributed by atoms with Gasteiger partial charge in [-0.05, 0) is 30.1 Å². The molecule has 2 aromatic heterocycles. The van der Waals surface area contributed by atoms with E-state index in [0.717, 1.165) is 61.7 Å². The molecule has 0 radical (unpaired) electrons. The summed E-state index contributed by atoms with van der Waals surface area (Å²) in [6.07, 6.45) is 11.3. The molecule has 0 atom stereocenters. The van der Waals surface area contributed by atoms with Crippen LogP contribution >= 0.6 is 11.3 Å². The van der Waals surface area contributed by atoms with Gasteiger partial charge in [0.15, 0.2) is 0 Å². The molecule has 6 heteroatoms. The third-order valence-electron chi connectivity index (χ3n) is 5.81. The van der Waals surface area contributed by atoms with E-state index in [1.54, 1.807) is 6.20 Å². The lowest BCUT2D eigenvalue weighted by Crippen LogP contribution is -1.90. The van der Waals surface area contributed by atoms with Crippen LogP contribution in [0.15, 0.2) is 59.4 Å². The van der Waals surface area contributed by atoms with Gasteiger partial charge in [-0.2, -0.15) is 21.0 Å². The van der Waals surface area contributed by atoms with Gasteiger partial charge in [0.25, 0.3) is 0 Å². The van der Waals surface area contributed by atoms with Crippen molar-refractivity contribution in [2.45, 2.75) is 19.3 Å². The molecule has 0 amide bonds. The van der Waals surface area contributed by atoms with Crippen molar-refractivity contribution in [3.05, 3.63) is 80.2 Å². The van der Waals surface area contributed by atoms with E-state index in [9.17, 15) is 21.0 Å². The Bertz CT molecular complexity index is 1510. The summed E-state index contributed by atoms with van der Waals surface area (Å²) < 4.78 is 0. The standard InChI is InChI=1S/C26H13N5S/c27-10-9-15(12-28)20-19-8-5-11-31-24(19)23-22-18-7-4-2-1-3-6-17(18)21(16(13-29)14-30)25(22)32-26(20)23/h1-3,5-6,8,11H,4,7,9H2/b2-1-,6-3-,20-15+. The van der Waals surface area contributed by atoms with Crippen LogP contribution in [0.5, 0.6) is 0 Å². The number of aromatic nitrogens is 1. The van der Waals surface area contributed by atoms with Gasteiger partial charge in [0, 0.05) is 43.8 Å². The van der Waals surface area contributed by atoms with Crippen LogP contribution in [0.1, 0.15) is 40.1 Å². The fourth-order valence-electron chi connectivity index (χ4n) is 4.58. The Labute approximate surface area is 189 Å². The molecule has 0 bridgehead atoms. The summed E-state index contributed by atoms with van der Waals surface area (Å²) in [5, 5.41) is 38.5. The maximum absolute atomic E-state index is 9.79. The zero-order valence-corrected chi connectivity index (χ0v) is 17.6. The first-order chi connectivity index (χ1) is 15.7. The van der Waals surface area contributed by atoms with Crippen molar-refractivity contribution in [2.24, 2.45) is 0 Å². The summed E-state index contributed by atoms with van der Waals surface area (Å²) in [6, 6.07) is 12.2. The highest BCUT2D eigenvalue weighted by atomic mass is 32.1. The first kappa shape index (κ1) is 19.5. The van der Waals surface area contributed by atoms with Gasteiger partial charge in [-0.25, -0.2) is 0 Å². The van der Waals surface area contributed by atoms with Crippen LogP contribution in [0.2, 0.25) is 0 Å². The van der Waals surface area contributed by atoms with Gasteiger partial charge >= 0.3 is 0 Å². The van der Waals surface area contributed by atoms with Crippen molar-refractivity contribution in [3.63, 3.8) is 0 Å². The second-order valence-corrected chi connectivity index (χ2v) is 8.42. The summed E-state index contributed by atoms with van der Waals surface area (Å²) in [6.45, 7) is 0. The van der Waals surface area contributed by atoms with Gasteiger partial charge in [-0.1, -0.05) is 30.4 Å². The van der Waals surface area contributed by atoms with E-state index in [2.05, 4.69) is 35.3 Å². The molecule has 0 fully saturated rings. The number of rotatable bonds is 1. The second-order valence-electron chi connectivity index (χ2n) is 7.40. The van der Waals surface area contributed by atoms with E-state index in [1.165, 1.54) is 11.3 Å². The SMILES string of the molecule is N#CC/C(C#N)=C1/c2cccnc2-c2c1sc1c2C2=C(/C=C\C=C/CC2)C1=C(C#N)C#N. The Kier molecular flexibility index (Phi) is 4.65. The van der Waals surface area contributed by atoms with Crippen molar-refractivity contribution >= 4 is 28.1 Å². The Morgan fingerprint density at radius 2 is 1.81 bits per heavy atom. The van der Waals surface area contributed by atoms with Crippen molar-refractivity contribution in [1.82, 2.24) is 4.98 Å². The Morgan fingerprint density at radius 3 is 2.56 bits per heavy atom. The Morgan fingerprint density at radius 1 is 1.00 bits per heavy atom. The quantitative estimate of drug-likeness (QED) is 0.454. The van der Waals surface area contributed by atoms with Crippen LogP contribution in [-0.2, 0) is 0 Å². The van der Waals surface area contributed by atoms with Gasteiger partial charge in [0.1, 0.15) is 17.7 Å². The zero-order chi connectivity index (χ0) is 22.2. The fraction of sp³-hybridized carbons (Fsp3) is 0.115. The molecule has 5 rings (SSSR count). The second kappa shape index (κ2) is 7.64. The first-order valence-corrected chi connectivity index (χ1v) is 10.8. The third-order valence-corrected chi connectivity index (χ3v) is 7.03. The lowest BCUT2D eigenvalue weighted by Gasteiger charge is -2.08. The number of fused-ring (bicyclic) bond motifs is 6. The molecule has 2 heterocycles. The van der Waals surface area contributed by atoms with Crippen LogP contribution in [-0.4, -0.2) is 4.98 Å². The molecule has 3 aliphatic rings. The maximum atomic E-state index is 9.79. The monoisotopic (exact) mass is 427 g/mol. The van der Waals surface area contributed by atoms with Crippen LogP contribution < -0.4 is 0 Å². The summed E-state index contributed by atoms with van der Waals surface area (Å²) in [5.41, 5.74) is 7.45. The van der Waals surface area contributed by atoms with Crippen molar-refractivity contribution in [2.75, 3.05) is 0 Å². The predicted molar refractivity (Wildman–Crippen MR) is 122 cm³/mol. The van der Waals surface area contributed by atoms with Crippen molar-refractivity contribution in [3.8, 4) is 35.5 Å². The van der Waals surface area contributed by atoms with Crippen molar-refractivity contribution in [1.29, 1.82) is 21.0 Å². The average Bonchev–Trinajstić information content (AvgIpc) is 3.40. The molecule has 5 nitrogen and oxygen atoms in total. The van der Waals surface area contributed by atoms with Gasteiger partial charge in [-0.15, -0.1) is 11.3 Å². The highest BCUT2D eigenvalue weighted by Crippen LogP contribution is 2.60. The van der Waals surface area contributed by atoms with Crippen LogP contribution in [0.3, 0.4) is 0 Å². The molecule has 0 spiro atoms.